The van der Waals surface area contributed by atoms with Crippen LogP contribution in [0.25, 0.3) is 0 Å². The second kappa shape index (κ2) is 6.48. The second-order valence-corrected chi connectivity index (χ2v) is 6.71. The molecule has 26 heavy (non-hydrogen) atoms. The van der Waals surface area contributed by atoms with Gasteiger partial charge in [-0.2, -0.15) is 0 Å². The van der Waals surface area contributed by atoms with Crippen molar-refractivity contribution in [3.05, 3.63) is 60.2 Å². The quantitative estimate of drug-likeness (QED) is 0.622. The molecule has 0 radical (unpaired) electrons. The Morgan fingerprint density at radius 2 is 1.92 bits per heavy atom. The van der Waals surface area contributed by atoms with Crippen LogP contribution >= 0.6 is 0 Å². The van der Waals surface area contributed by atoms with E-state index < -0.39 is 5.54 Å². The fourth-order valence-electron chi connectivity index (χ4n) is 4.15. The van der Waals surface area contributed by atoms with Crippen LogP contribution in [0, 0.1) is 0 Å². The summed E-state index contributed by atoms with van der Waals surface area (Å²) in [5.41, 5.74) is 0.965. The molecule has 2 aliphatic rings. The Morgan fingerprint density at radius 1 is 1.19 bits per heavy atom. The monoisotopic (exact) mass is 351 g/mol. The lowest BCUT2D eigenvalue weighted by Crippen LogP contribution is -2.57. The van der Waals surface area contributed by atoms with Crippen LogP contribution in [0.1, 0.15) is 37.8 Å². The first kappa shape index (κ1) is 16.6. The third kappa shape index (κ3) is 2.55. The van der Waals surface area contributed by atoms with Crippen LogP contribution in [0.5, 0.6) is 5.75 Å². The Hall–Kier alpha value is -2.82. The summed E-state index contributed by atoms with van der Waals surface area (Å²) >= 11 is 0. The summed E-state index contributed by atoms with van der Waals surface area (Å²) in [6.45, 7) is 2.06. The molecule has 1 fully saturated rings. The number of anilines is 1. The molecule has 2 heterocycles. The molecule has 0 N–H and O–H groups in total. The van der Waals surface area contributed by atoms with Gasteiger partial charge < -0.3 is 14.4 Å². The maximum absolute atomic E-state index is 13.0. The Balaban J connectivity index is 1.82. The maximum atomic E-state index is 13.0. The van der Waals surface area contributed by atoms with Crippen molar-refractivity contribution in [2.45, 2.75) is 37.8 Å². The number of carbonyl (C=O) groups is 2. The van der Waals surface area contributed by atoms with Crippen molar-refractivity contribution in [3.63, 3.8) is 0 Å². The number of hydrogen-bond acceptors (Lipinski definition) is 5. The first-order chi connectivity index (χ1) is 12.7. The molecule has 5 heteroatoms. The van der Waals surface area contributed by atoms with E-state index in [1.165, 1.54) is 0 Å². The van der Waals surface area contributed by atoms with E-state index in [-0.39, 0.29) is 24.4 Å². The molecule has 0 spiro atoms. The molecule has 2 aromatic carbocycles. The van der Waals surface area contributed by atoms with Gasteiger partial charge in [-0.15, -0.1) is 0 Å². The fraction of sp³-hybridized carbons (Fsp3) is 0.333. The summed E-state index contributed by atoms with van der Waals surface area (Å²) in [6, 6.07) is 17.6. The molecule has 1 saturated heterocycles. The van der Waals surface area contributed by atoms with Crippen LogP contribution in [0.4, 0.5) is 5.69 Å². The molecule has 134 valence electrons. The molecule has 4 rings (SSSR count). The number of benzene rings is 2. The summed E-state index contributed by atoms with van der Waals surface area (Å²) in [4.78, 5) is 27.4. The topological polar surface area (TPSA) is 55.8 Å². The van der Waals surface area contributed by atoms with Gasteiger partial charge in [-0.05, 0) is 37.5 Å². The van der Waals surface area contributed by atoms with E-state index in [2.05, 4.69) is 17.0 Å². The largest absolute Gasteiger partial charge is 0.466 e. The molecule has 0 aromatic heterocycles. The van der Waals surface area contributed by atoms with Gasteiger partial charge in [0.05, 0.1) is 24.8 Å². The average Bonchev–Trinajstić information content (AvgIpc) is 3.04. The summed E-state index contributed by atoms with van der Waals surface area (Å²) in [7, 11) is 0. The van der Waals surface area contributed by atoms with Gasteiger partial charge in [-0.3, -0.25) is 4.79 Å². The van der Waals surface area contributed by atoms with E-state index >= 15 is 0 Å². The summed E-state index contributed by atoms with van der Waals surface area (Å²) in [5.74, 6) is -0.204. The number of para-hydroxylation sites is 2. The second-order valence-electron chi connectivity index (χ2n) is 6.71. The lowest BCUT2D eigenvalue weighted by Gasteiger charge is -2.44. The Labute approximate surface area is 152 Å². The highest BCUT2D eigenvalue weighted by Gasteiger charge is 2.57. The van der Waals surface area contributed by atoms with Gasteiger partial charge in [0, 0.05) is 0 Å². The number of fused-ring (bicyclic) bond motifs is 3. The molecule has 2 atom stereocenters. The predicted molar refractivity (Wildman–Crippen MR) is 97.0 cm³/mol. The molecule has 2 aromatic rings. The van der Waals surface area contributed by atoms with Crippen molar-refractivity contribution in [2.75, 3.05) is 11.5 Å². The zero-order chi connectivity index (χ0) is 18.1. The normalized spacial score (nSPS) is 23.8. The SMILES string of the molecule is CCOC(=O)C[C@@]12CC[C@H](c3ccccc3)N1c1ccccc1OC2=O. The van der Waals surface area contributed by atoms with Gasteiger partial charge >= 0.3 is 11.9 Å². The van der Waals surface area contributed by atoms with Crippen LogP contribution in [0.15, 0.2) is 54.6 Å². The minimum Gasteiger partial charge on any atom is -0.466 e. The molecule has 2 aliphatic heterocycles. The Morgan fingerprint density at radius 3 is 2.69 bits per heavy atom. The van der Waals surface area contributed by atoms with E-state index in [4.69, 9.17) is 9.47 Å². The minimum atomic E-state index is -1.01. The molecule has 0 unspecified atom stereocenters. The van der Waals surface area contributed by atoms with E-state index in [0.717, 1.165) is 17.7 Å². The van der Waals surface area contributed by atoms with Gasteiger partial charge in [-0.1, -0.05) is 42.5 Å². The highest BCUT2D eigenvalue weighted by Crippen LogP contribution is 2.53. The van der Waals surface area contributed by atoms with E-state index in [1.807, 2.05) is 36.4 Å². The number of esters is 2. The van der Waals surface area contributed by atoms with Crippen LogP contribution < -0.4 is 9.64 Å². The third-order valence-corrected chi connectivity index (χ3v) is 5.24. The van der Waals surface area contributed by atoms with E-state index in [9.17, 15) is 9.59 Å². The van der Waals surface area contributed by atoms with Crippen LogP contribution in [0.2, 0.25) is 0 Å². The van der Waals surface area contributed by atoms with Crippen LogP contribution in [0.3, 0.4) is 0 Å². The van der Waals surface area contributed by atoms with Crippen molar-refractivity contribution < 1.29 is 19.1 Å². The lowest BCUT2D eigenvalue weighted by molar-refractivity contribution is -0.151. The zero-order valence-electron chi connectivity index (χ0n) is 14.7. The van der Waals surface area contributed by atoms with Gasteiger partial charge in [0.1, 0.15) is 5.54 Å². The average molecular weight is 351 g/mol. The zero-order valence-corrected chi connectivity index (χ0v) is 14.7. The molecule has 0 amide bonds. The van der Waals surface area contributed by atoms with E-state index in [0.29, 0.717) is 18.8 Å². The smallest absolute Gasteiger partial charge is 0.338 e. The lowest BCUT2D eigenvalue weighted by atomic mass is 9.90. The van der Waals surface area contributed by atoms with Gasteiger partial charge in [0.25, 0.3) is 0 Å². The molecule has 5 nitrogen and oxygen atoms in total. The van der Waals surface area contributed by atoms with Crippen molar-refractivity contribution in [2.24, 2.45) is 0 Å². The maximum Gasteiger partial charge on any atom is 0.338 e. The van der Waals surface area contributed by atoms with Crippen molar-refractivity contribution in [3.8, 4) is 5.75 Å². The fourth-order valence-corrected chi connectivity index (χ4v) is 4.15. The van der Waals surface area contributed by atoms with Crippen molar-refractivity contribution >= 4 is 17.6 Å². The minimum absolute atomic E-state index is 0.00264. The van der Waals surface area contributed by atoms with E-state index in [1.54, 1.807) is 13.0 Å². The summed E-state index contributed by atoms with van der Waals surface area (Å²) < 4.78 is 10.8. The van der Waals surface area contributed by atoms with Crippen LogP contribution in [-0.2, 0) is 14.3 Å². The highest BCUT2D eigenvalue weighted by molar-refractivity contribution is 5.96. The van der Waals surface area contributed by atoms with Gasteiger partial charge in [-0.25, -0.2) is 4.79 Å². The molecule has 0 bridgehead atoms. The van der Waals surface area contributed by atoms with Crippen LogP contribution in [-0.4, -0.2) is 24.1 Å². The number of carbonyl (C=O) groups excluding carboxylic acids is 2. The van der Waals surface area contributed by atoms with Crippen molar-refractivity contribution in [1.29, 1.82) is 0 Å². The molecule has 0 saturated carbocycles. The molecular formula is C21H21NO4. The number of rotatable bonds is 4. The number of ether oxygens (including phenoxy) is 2. The first-order valence-electron chi connectivity index (χ1n) is 8.97. The standard InChI is InChI=1S/C21H21NO4/c1-2-25-19(23)14-21-13-12-16(15-8-4-3-5-9-15)22(21)17-10-6-7-11-18(17)26-20(21)24/h3-11,16H,2,12-14H2,1H3/t16-,21-/m1/s1. The highest BCUT2D eigenvalue weighted by atomic mass is 16.5. The van der Waals surface area contributed by atoms with Gasteiger partial charge in [0.15, 0.2) is 5.75 Å². The van der Waals surface area contributed by atoms with Crippen molar-refractivity contribution in [1.82, 2.24) is 0 Å². The number of hydrogen-bond donors (Lipinski definition) is 0. The first-order valence-corrected chi connectivity index (χ1v) is 8.97. The molecule has 0 aliphatic carbocycles. The summed E-state index contributed by atoms with van der Waals surface area (Å²) in [6.07, 6.45) is 1.32. The Kier molecular flexibility index (Phi) is 4.15. The third-order valence-electron chi connectivity index (χ3n) is 5.24. The predicted octanol–water partition coefficient (Wildman–Crippen LogP) is 3.64. The number of nitrogens with zero attached hydrogens (tertiary/aromatic N) is 1. The summed E-state index contributed by atoms with van der Waals surface area (Å²) in [5, 5.41) is 0. The molecular weight excluding hydrogens is 330 g/mol. The Bertz CT molecular complexity index is 835. The van der Waals surface area contributed by atoms with Gasteiger partial charge in [0.2, 0.25) is 0 Å².